The van der Waals surface area contributed by atoms with Crippen LogP contribution in [0.15, 0.2) is 16.7 Å². The molecule has 2 aromatic rings. The van der Waals surface area contributed by atoms with E-state index < -0.39 is 22.0 Å². The first-order valence-corrected chi connectivity index (χ1v) is 11.2. The van der Waals surface area contributed by atoms with E-state index in [4.69, 9.17) is 0 Å². The molecule has 7 nitrogen and oxygen atoms in total. The second-order valence-electron chi connectivity index (χ2n) is 6.77. The van der Waals surface area contributed by atoms with Gasteiger partial charge in [0, 0.05) is 18.5 Å². The van der Waals surface area contributed by atoms with Gasteiger partial charge in [-0.3, -0.25) is 4.79 Å². The number of halogens is 3. The van der Waals surface area contributed by atoms with E-state index in [2.05, 4.69) is 9.68 Å². The van der Waals surface area contributed by atoms with Crippen molar-refractivity contribution in [1.82, 2.24) is 10.1 Å². The van der Waals surface area contributed by atoms with Crippen molar-refractivity contribution in [3.8, 4) is 10.6 Å². The van der Waals surface area contributed by atoms with E-state index in [1.165, 1.54) is 23.8 Å². The third-order valence-electron chi connectivity index (χ3n) is 4.42. The van der Waals surface area contributed by atoms with Crippen LogP contribution in [0, 0.1) is 6.92 Å². The van der Waals surface area contributed by atoms with Crippen molar-refractivity contribution in [2.75, 3.05) is 19.3 Å². The second kappa shape index (κ2) is 7.48. The number of likely N-dealkylation sites (tertiary alicyclic amines) is 1. The van der Waals surface area contributed by atoms with Crippen molar-refractivity contribution in [3.05, 3.63) is 28.3 Å². The molecule has 0 saturated carbocycles. The number of primary sulfonamides is 1. The van der Waals surface area contributed by atoms with Crippen LogP contribution in [0.25, 0.3) is 10.6 Å². The molecule has 2 aromatic heterocycles. The number of quaternary nitrogens is 1. The fourth-order valence-corrected chi connectivity index (χ4v) is 5.15. The number of carbonyl (C=O) groups excluding carboxylic acids is 1. The summed E-state index contributed by atoms with van der Waals surface area (Å²) in [4.78, 5) is 15.1. The molecule has 2 N–H and O–H groups in total. The highest BCUT2D eigenvalue weighted by molar-refractivity contribution is 7.84. The van der Waals surface area contributed by atoms with Crippen molar-refractivity contribution < 1.29 is 35.6 Å². The Morgan fingerprint density at radius 2 is 2.11 bits per heavy atom. The Bertz CT molecular complexity index is 982. The second-order valence-corrected chi connectivity index (χ2v) is 9.78. The van der Waals surface area contributed by atoms with Crippen molar-refractivity contribution in [2.45, 2.75) is 32.0 Å². The third-order valence-corrected chi connectivity index (χ3v) is 6.38. The number of sulfonamides is 1. The van der Waals surface area contributed by atoms with Crippen LogP contribution in [0.1, 0.15) is 33.8 Å². The quantitative estimate of drug-likeness (QED) is 0.786. The Morgan fingerprint density at radius 3 is 2.71 bits per heavy atom. The molecule has 3 heterocycles. The molecule has 0 radical (unpaired) electrons. The Kier molecular flexibility index (Phi) is 5.56. The Balaban J connectivity index is 1.77. The van der Waals surface area contributed by atoms with Crippen molar-refractivity contribution >= 4 is 27.3 Å². The number of alkyl halides is 3. The summed E-state index contributed by atoms with van der Waals surface area (Å²) in [5.41, 5.74) is -0.0764. The van der Waals surface area contributed by atoms with Gasteiger partial charge in [0.15, 0.2) is 0 Å². The van der Waals surface area contributed by atoms with Crippen molar-refractivity contribution in [2.24, 2.45) is 0 Å². The Labute approximate surface area is 163 Å². The van der Waals surface area contributed by atoms with E-state index in [1.54, 1.807) is 4.90 Å². The minimum Gasteiger partial charge on any atom is -0.351 e. The molecular formula is C16H19F3N3O4S2+. The van der Waals surface area contributed by atoms with Gasteiger partial charge in [-0.25, -0.2) is 4.72 Å². The lowest BCUT2D eigenvalue weighted by Gasteiger charge is -2.30. The summed E-state index contributed by atoms with van der Waals surface area (Å²) in [6.45, 7) is 2.06. The van der Waals surface area contributed by atoms with Crippen LogP contribution in [-0.2, 0) is 16.2 Å². The minimum atomic E-state index is -4.63. The minimum absolute atomic E-state index is 0.0540. The summed E-state index contributed by atoms with van der Waals surface area (Å²) in [5, 5.41) is 3.51. The number of aromatic nitrogens is 1. The summed E-state index contributed by atoms with van der Waals surface area (Å²) in [6, 6.07) is 2.83. The molecule has 0 spiro atoms. The highest BCUT2D eigenvalue weighted by Crippen LogP contribution is 2.38. The molecule has 0 aromatic carbocycles. The highest BCUT2D eigenvalue weighted by atomic mass is 32.2. The molecule has 1 aliphatic heterocycles. The fraction of sp³-hybridized carbons (Fsp3) is 0.500. The van der Waals surface area contributed by atoms with Crippen LogP contribution in [0.4, 0.5) is 13.2 Å². The molecule has 12 heteroatoms. The number of hydrogen-bond donors (Lipinski definition) is 1. The summed E-state index contributed by atoms with van der Waals surface area (Å²) in [7, 11) is -3.25. The van der Waals surface area contributed by atoms with E-state index in [9.17, 15) is 26.4 Å². The zero-order valence-electron chi connectivity index (χ0n) is 15.1. The molecule has 1 aliphatic rings. The largest absolute Gasteiger partial charge is 0.452 e. The average Bonchev–Trinajstić information content (AvgIpc) is 3.18. The zero-order chi connectivity index (χ0) is 20.7. The Morgan fingerprint density at radius 1 is 1.39 bits per heavy atom. The van der Waals surface area contributed by atoms with Crippen LogP contribution in [0.2, 0.25) is 0 Å². The van der Waals surface area contributed by atoms with Gasteiger partial charge < -0.3 is 9.42 Å². The van der Waals surface area contributed by atoms with E-state index in [0.717, 1.165) is 17.6 Å². The molecule has 1 amide bonds. The van der Waals surface area contributed by atoms with Crippen LogP contribution in [0.3, 0.4) is 0 Å². The average molecular weight is 438 g/mol. The normalized spacial score (nSPS) is 18.5. The number of carbonyl (C=O) groups is 1. The van der Waals surface area contributed by atoms with Gasteiger partial charge in [-0.1, -0.05) is 5.16 Å². The smallest absolute Gasteiger partial charge is 0.351 e. The molecule has 0 bridgehead atoms. The molecule has 1 atom stereocenters. The number of nitrogens with two attached hydrogens (primary N) is 1. The first-order chi connectivity index (χ1) is 13.0. The topological polar surface area (TPSA) is 97.1 Å². The zero-order valence-corrected chi connectivity index (χ0v) is 16.7. The lowest BCUT2D eigenvalue weighted by Crippen LogP contribution is -2.94. The van der Waals surface area contributed by atoms with E-state index in [1.807, 2.05) is 0 Å². The molecule has 1 fully saturated rings. The number of piperidine rings is 1. The number of thiophene rings is 1. The molecule has 1 saturated heterocycles. The SMILES string of the molecule is Cc1c(-c2ccc(C(=O)N3CCCC([NH2+]S(C)(=O)=O)C3)s2)noc1C(F)(F)F. The standard InChI is InChI=1S/C16H18F3N3O4S2/c1-9-13(20-26-14(9)16(17,18)19)11-5-6-12(27-11)15(23)22-7-3-4-10(8-22)21-28(2,24)25/h5-6,10,21H,3-4,7-8H2,1-2H3/p+1. The monoisotopic (exact) mass is 438 g/mol. The van der Waals surface area contributed by atoms with Crippen LogP contribution in [0.5, 0.6) is 0 Å². The van der Waals surface area contributed by atoms with Gasteiger partial charge in [0.25, 0.3) is 15.9 Å². The van der Waals surface area contributed by atoms with E-state index >= 15 is 0 Å². The number of rotatable bonds is 4. The molecule has 3 rings (SSSR count). The molecule has 28 heavy (non-hydrogen) atoms. The first-order valence-electron chi connectivity index (χ1n) is 8.43. The lowest BCUT2D eigenvalue weighted by atomic mass is 10.1. The van der Waals surface area contributed by atoms with Gasteiger partial charge in [0.2, 0.25) is 5.76 Å². The van der Waals surface area contributed by atoms with Crippen LogP contribution >= 0.6 is 11.3 Å². The van der Waals surface area contributed by atoms with Crippen molar-refractivity contribution in [1.29, 1.82) is 0 Å². The van der Waals surface area contributed by atoms with Gasteiger partial charge >= 0.3 is 6.18 Å². The van der Waals surface area contributed by atoms with Gasteiger partial charge in [-0.2, -0.15) is 21.6 Å². The molecular weight excluding hydrogens is 419 g/mol. The maximum absolute atomic E-state index is 12.9. The van der Waals surface area contributed by atoms with Gasteiger partial charge in [0.05, 0.1) is 22.6 Å². The Hall–Kier alpha value is -1.92. The third kappa shape index (κ3) is 4.55. The lowest BCUT2D eigenvalue weighted by molar-refractivity contribution is -0.542. The van der Waals surface area contributed by atoms with Crippen molar-refractivity contribution in [3.63, 3.8) is 0 Å². The maximum Gasteiger partial charge on any atom is 0.452 e. The summed E-state index contributed by atoms with van der Waals surface area (Å²) < 4.78 is 67.2. The van der Waals surface area contributed by atoms with E-state index in [0.29, 0.717) is 35.7 Å². The first kappa shape index (κ1) is 20.8. The van der Waals surface area contributed by atoms with Gasteiger partial charge in [-0.05, 0) is 25.5 Å². The summed E-state index contributed by atoms with van der Waals surface area (Å²) >= 11 is 1.03. The highest BCUT2D eigenvalue weighted by Gasteiger charge is 2.39. The summed E-state index contributed by atoms with van der Waals surface area (Å²) in [6.07, 6.45) is -2.15. The molecule has 154 valence electrons. The predicted octanol–water partition coefficient (Wildman–Crippen LogP) is 1.86. The molecule has 0 aliphatic carbocycles. The number of nitrogens with zero attached hydrogens (tertiary/aromatic N) is 2. The summed E-state index contributed by atoms with van der Waals surface area (Å²) in [5.74, 6) is -1.43. The van der Waals surface area contributed by atoms with Crippen LogP contribution in [-0.4, -0.2) is 49.8 Å². The maximum atomic E-state index is 12.9. The van der Waals surface area contributed by atoms with Gasteiger partial charge in [0.1, 0.15) is 11.7 Å². The van der Waals surface area contributed by atoms with E-state index in [-0.39, 0.29) is 23.2 Å². The number of amides is 1. The van der Waals surface area contributed by atoms with Crippen LogP contribution < -0.4 is 4.72 Å². The van der Waals surface area contributed by atoms with Gasteiger partial charge in [-0.15, -0.1) is 11.3 Å². The predicted molar refractivity (Wildman–Crippen MR) is 95.2 cm³/mol. The number of hydrogen-bond acceptors (Lipinski definition) is 6. The fourth-order valence-electron chi connectivity index (χ4n) is 3.22. The molecule has 1 unspecified atom stereocenters.